The van der Waals surface area contributed by atoms with Crippen molar-refractivity contribution in [3.8, 4) is 0 Å². The van der Waals surface area contributed by atoms with E-state index in [1.807, 2.05) is 0 Å². The molecular formula is C15H24N2S. The summed E-state index contributed by atoms with van der Waals surface area (Å²) < 4.78 is 0. The Labute approximate surface area is 115 Å². The third kappa shape index (κ3) is 3.28. The molecule has 0 radical (unpaired) electrons. The van der Waals surface area contributed by atoms with Gasteiger partial charge in [0.25, 0.3) is 0 Å². The molecule has 3 heteroatoms. The van der Waals surface area contributed by atoms with Crippen LogP contribution in [0.2, 0.25) is 0 Å². The lowest BCUT2D eigenvalue weighted by atomic mass is 10.0. The number of hydrogen-bond acceptors (Lipinski definition) is 3. The van der Waals surface area contributed by atoms with Crippen molar-refractivity contribution in [1.82, 2.24) is 10.2 Å². The fourth-order valence-electron chi connectivity index (χ4n) is 2.61. The second kappa shape index (κ2) is 6.60. The van der Waals surface area contributed by atoms with Crippen LogP contribution in [0, 0.1) is 0 Å². The van der Waals surface area contributed by atoms with E-state index in [9.17, 15) is 0 Å². The zero-order chi connectivity index (χ0) is 13.0. The molecule has 0 bridgehead atoms. The Balaban J connectivity index is 2.01. The minimum Gasteiger partial charge on any atom is -0.315 e. The second-order valence-electron chi connectivity index (χ2n) is 5.11. The lowest BCUT2D eigenvalue weighted by molar-refractivity contribution is 0.156. The number of hydrogen-bond donors (Lipinski definition) is 1. The average Bonchev–Trinajstić information content (AvgIpc) is 2.47. The number of rotatable bonds is 4. The molecule has 1 aliphatic heterocycles. The molecule has 100 valence electrons. The van der Waals surface area contributed by atoms with Gasteiger partial charge in [-0.2, -0.15) is 0 Å². The van der Waals surface area contributed by atoms with Gasteiger partial charge in [-0.25, -0.2) is 0 Å². The molecule has 1 aromatic rings. The van der Waals surface area contributed by atoms with Crippen molar-refractivity contribution in [2.45, 2.75) is 36.7 Å². The molecule has 0 aliphatic carbocycles. The van der Waals surface area contributed by atoms with Crippen LogP contribution >= 0.6 is 11.8 Å². The summed E-state index contributed by atoms with van der Waals surface area (Å²) in [7, 11) is 2.25. The number of benzene rings is 1. The molecule has 2 nitrogen and oxygen atoms in total. The van der Waals surface area contributed by atoms with Crippen LogP contribution in [0.1, 0.15) is 31.4 Å². The van der Waals surface area contributed by atoms with Crippen LogP contribution in [-0.4, -0.2) is 37.3 Å². The zero-order valence-electron chi connectivity index (χ0n) is 11.6. The number of nitrogens with zero attached hydrogens (tertiary/aromatic N) is 1. The summed E-state index contributed by atoms with van der Waals surface area (Å²) in [5, 5.41) is 3.50. The standard InChI is InChI=1S/C15H24N2S/c1-12(13-6-8-15(18-3)9-7-13)17(2)14-5-4-10-16-11-14/h6-9,12,14,16H,4-5,10-11H2,1-3H3. The van der Waals surface area contributed by atoms with Crippen molar-refractivity contribution >= 4 is 11.8 Å². The van der Waals surface area contributed by atoms with Crippen LogP contribution in [0.4, 0.5) is 0 Å². The van der Waals surface area contributed by atoms with Gasteiger partial charge in [0, 0.05) is 23.5 Å². The highest BCUT2D eigenvalue weighted by Crippen LogP contribution is 2.25. The summed E-state index contributed by atoms with van der Waals surface area (Å²) in [6.45, 7) is 4.62. The normalized spacial score (nSPS) is 22.1. The summed E-state index contributed by atoms with van der Waals surface area (Å²) in [6.07, 6.45) is 4.74. The molecule has 2 unspecified atom stereocenters. The Bertz CT molecular complexity index is 357. The molecule has 0 amide bonds. The smallest absolute Gasteiger partial charge is 0.0320 e. The van der Waals surface area contributed by atoms with Gasteiger partial charge in [-0.05, 0) is 57.3 Å². The predicted octanol–water partition coefficient (Wildman–Crippen LogP) is 3.15. The van der Waals surface area contributed by atoms with E-state index in [2.05, 4.69) is 54.7 Å². The van der Waals surface area contributed by atoms with Gasteiger partial charge in [-0.15, -0.1) is 11.8 Å². The molecule has 0 saturated carbocycles. The maximum Gasteiger partial charge on any atom is 0.0320 e. The molecule has 18 heavy (non-hydrogen) atoms. The van der Waals surface area contributed by atoms with Crippen LogP contribution in [-0.2, 0) is 0 Å². The molecule has 0 aromatic heterocycles. The maximum atomic E-state index is 3.50. The molecule has 1 N–H and O–H groups in total. The largest absolute Gasteiger partial charge is 0.315 e. The Morgan fingerprint density at radius 3 is 2.61 bits per heavy atom. The van der Waals surface area contributed by atoms with Crippen LogP contribution in [0.25, 0.3) is 0 Å². The van der Waals surface area contributed by atoms with Gasteiger partial charge in [-0.1, -0.05) is 12.1 Å². The molecule has 2 atom stereocenters. The van der Waals surface area contributed by atoms with Gasteiger partial charge in [0.05, 0.1) is 0 Å². The number of likely N-dealkylation sites (N-methyl/N-ethyl adjacent to an activating group) is 1. The minimum absolute atomic E-state index is 0.491. The minimum atomic E-state index is 0.491. The van der Waals surface area contributed by atoms with Crippen molar-refractivity contribution in [2.75, 3.05) is 26.4 Å². The van der Waals surface area contributed by atoms with Gasteiger partial charge in [0.2, 0.25) is 0 Å². The van der Waals surface area contributed by atoms with E-state index < -0.39 is 0 Å². The molecular weight excluding hydrogens is 240 g/mol. The van der Waals surface area contributed by atoms with E-state index in [0.717, 1.165) is 6.54 Å². The monoisotopic (exact) mass is 264 g/mol. The van der Waals surface area contributed by atoms with E-state index in [-0.39, 0.29) is 0 Å². The van der Waals surface area contributed by atoms with Crippen molar-refractivity contribution in [3.63, 3.8) is 0 Å². The summed E-state index contributed by atoms with van der Waals surface area (Å²) in [6, 6.07) is 10.2. The number of piperidine rings is 1. The van der Waals surface area contributed by atoms with E-state index in [4.69, 9.17) is 0 Å². The molecule has 2 rings (SSSR count). The molecule has 1 aliphatic rings. The Kier molecular flexibility index (Phi) is 5.10. The summed E-state index contributed by atoms with van der Waals surface area (Å²) in [4.78, 5) is 3.85. The summed E-state index contributed by atoms with van der Waals surface area (Å²) in [5.41, 5.74) is 1.42. The quantitative estimate of drug-likeness (QED) is 0.841. The van der Waals surface area contributed by atoms with Crippen LogP contribution < -0.4 is 5.32 Å². The SMILES string of the molecule is CSc1ccc(C(C)N(C)C2CCCNC2)cc1. The predicted molar refractivity (Wildman–Crippen MR) is 80.3 cm³/mol. The third-order valence-corrected chi connectivity index (χ3v) is 4.80. The van der Waals surface area contributed by atoms with E-state index in [1.54, 1.807) is 11.8 Å². The summed E-state index contributed by atoms with van der Waals surface area (Å²) >= 11 is 1.80. The van der Waals surface area contributed by atoms with Crippen LogP contribution in [0.3, 0.4) is 0 Å². The van der Waals surface area contributed by atoms with Crippen LogP contribution in [0.5, 0.6) is 0 Å². The summed E-state index contributed by atoms with van der Waals surface area (Å²) in [5.74, 6) is 0. The molecule has 1 saturated heterocycles. The first-order valence-electron chi connectivity index (χ1n) is 6.79. The van der Waals surface area contributed by atoms with Crippen molar-refractivity contribution in [1.29, 1.82) is 0 Å². The van der Waals surface area contributed by atoms with Gasteiger partial charge in [0.15, 0.2) is 0 Å². The highest BCUT2D eigenvalue weighted by Gasteiger charge is 2.22. The lowest BCUT2D eigenvalue weighted by Gasteiger charge is -2.36. The first kappa shape index (κ1) is 13.9. The Hall–Kier alpha value is -0.510. The van der Waals surface area contributed by atoms with Crippen molar-refractivity contribution < 1.29 is 0 Å². The van der Waals surface area contributed by atoms with E-state index >= 15 is 0 Å². The van der Waals surface area contributed by atoms with Crippen molar-refractivity contribution in [2.24, 2.45) is 0 Å². The molecule has 1 aromatic carbocycles. The fourth-order valence-corrected chi connectivity index (χ4v) is 3.02. The number of thioether (sulfide) groups is 1. The third-order valence-electron chi connectivity index (χ3n) is 4.06. The average molecular weight is 264 g/mol. The van der Waals surface area contributed by atoms with Gasteiger partial charge in [-0.3, -0.25) is 4.90 Å². The van der Waals surface area contributed by atoms with Gasteiger partial charge in [0.1, 0.15) is 0 Å². The lowest BCUT2D eigenvalue weighted by Crippen LogP contribution is -2.45. The highest BCUT2D eigenvalue weighted by molar-refractivity contribution is 7.98. The van der Waals surface area contributed by atoms with Gasteiger partial charge >= 0.3 is 0 Å². The second-order valence-corrected chi connectivity index (χ2v) is 5.99. The number of nitrogens with one attached hydrogen (secondary N) is 1. The maximum absolute atomic E-state index is 3.50. The molecule has 1 heterocycles. The Morgan fingerprint density at radius 2 is 2.06 bits per heavy atom. The molecule has 1 fully saturated rings. The van der Waals surface area contributed by atoms with Crippen molar-refractivity contribution in [3.05, 3.63) is 29.8 Å². The fraction of sp³-hybridized carbons (Fsp3) is 0.600. The van der Waals surface area contributed by atoms with Gasteiger partial charge < -0.3 is 5.32 Å². The topological polar surface area (TPSA) is 15.3 Å². The van der Waals surface area contributed by atoms with E-state index in [1.165, 1.54) is 29.8 Å². The van der Waals surface area contributed by atoms with Crippen LogP contribution in [0.15, 0.2) is 29.2 Å². The van der Waals surface area contributed by atoms with E-state index in [0.29, 0.717) is 12.1 Å². The first-order valence-corrected chi connectivity index (χ1v) is 8.01. The highest BCUT2D eigenvalue weighted by atomic mass is 32.2. The zero-order valence-corrected chi connectivity index (χ0v) is 12.5. The first-order chi connectivity index (χ1) is 8.72. The Morgan fingerprint density at radius 1 is 1.33 bits per heavy atom. The molecule has 0 spiro atoms.